The summed E-state index contributed by atoms with van der Waals surface area (Å²) in [5.41, 5.74) is 3.19. The van der Waals surface area contributed by atoms with E-state index in [9.17, 15) is 9.65 Å². The highest BCUT2D eigenvalue weighted by Gasteiger charge is 2.29. The van der Waals surface area contributed by atoms with Crippen LogP contribution in [-0.2, 0) is 6.54 Å². The summed E-state index contributed by atoms with van der Waals surface area (Å²) >= 11 is 6.00. The molecule has 5 nitrogen and oxygen atoms in total. The second kappa shape index (κ2) is 9.58. The molecule has 0 bridgehead atoms. The third-order valence-electron chi connectivity index (χ3n) is 5.91. The van der Waals surface area contributed by atoms with E-state index < -0.39 is 0 Å². The van der Waals surface area contributed by atoms with Crippen LogP contribution in [0.15, 0.2) is 72.8 Å². The number of hydrogen-bond acceptors (Lipinski definition) is 5. The third-order valence-corrected chi connectivity index (χ3v) is 6.16. The van der Waals surface area contributed by atoms with E-state index in [2.05, 4.69) is 16.3 Å². The van der Waals surface area contributed by atoms with E-state index in [1.807, 2.05) is 48.5 Å². The molecule has 7 heteroatoms. The summed E-state index contributed by atoms with van der Waals surface area (Å²) in [6.45, 7) is 1.83. The van der Waals surface area contributed by atoms with Gasteiger partial charge in [0.15, 0.2) is 0 Å². The Morgan fingerprint density at radius 1 is 1.12 bits per heavy atom. The first-order valence-electron chi connectivity index (χ1n) is 11.1. The molecule has 1 unspecified atom stereocenters. The predicted molar refractivity (Wildman–Crippen MR) is 133 cm³/mol. The molecule has 1 aliphatic rings. The van der Waals surface area contributed by atoms with E-state index in [-0.39, 0.29) is 11.9 Å². The van der Waals surface area contributed by atoms with Gasteiger partial charge in [-0.2, -0.15) is 5.26 Å². The predicted octanol–water partition coefficient (Wildman–Crippen LogP) is 6.17. The molecule has 0 aliphatic carbocycles. The maximum atomic E-state index is 13.6. The Morgan fingerprint density at radius 2 is 1.94 bits per heavy atom. The van der Waals surface area contributed by atoms with E-state index >= 15 is 0 Å². The number of aromatic nitrogens is 1. The largest absolute Gasteiger partial charge is 0.488 e. The number of nitriles is 1. The minimum absolute atomic E-state index is 0.106. The fourth-order valence-corrected chi connectivity index (χ4v) is 4.43. The number of nitrogens with zero attached hydrogens (tertiary/aromatic N) is 3. The molecule has 0 amide bonds. The molecule has 2 heterocycles. The van der Waals surface area contributed by atoms with E-state index in [4.69, 9.17) is 21.3 Å². The van der Waals surface area contributed by atoms with Gasteiger partial charge < -0.3 is 15.0 Å². The standard InChI is InChI=1S/C27H22ClFN4O/c28-19-10-8-18(9-11-19)16-31-27-24(15-30)26(23-6-1-2-7-25(23)32-27)33-13-12-22(17-33)34-21-5-3-4-20(29)14-21/h1-11,14,22H,12-13,16-17H2,(H,31,32). The van der Waals surface area contributed by atoms with Crippen LogP contribution in [0.2, 0.25) is 5.02 Å². The lowest BCUT2D eigenvalue weighted by atomic mass is 10.1. The number of pyridine rings is 1. The van der Waals surface area contributed by atoms with Crippen LogP contribution in [-0.4, -0.2) is 24.2 Å². The number of anilines is 2. The maximum Gasteiger partial charge on any atom is 0.147 e. The lowest BCUT2D eigenvalue weighted by Gasteiger charge is -2.23. The van der Waals surface area contributed by atoms with Crippen molar-refractivity contribution in [2.45, 2.75) is 19.1 Å². The Bertz CT molecular complexity index is 1370. The minimum Gasteiger partial charge on any atom is -0.488 e. The smallest absolute Gasteiger partial charge is 0.147 e. The molecule has 1 atom stereocenters. The first-order valence-corrected chi connectivity index (χ1v) is 11.5. The Labute approximate surface area is 202 Å². The highest BCUT2D eigenvalue weighted by atomic mass is 35.5. The Hall–Kier alpha value is -3.82. The van der Waals surface area contributed by atoms with Gasteiger partial charge in [-0.1, -0.05) is 48.0 Å². The van der Waals surface area contributed by atoms with Crippen molar-refractivity contribution in [3.8, 4) is 11.8 Å². The van der Waals surface area contributed by atoms with Gasteiger partial charge in [-0.05, 0) is 35.9 Å². The van der Waals surface area contributed by atoms with E-state index in [1.165, 1.54) is 12.1 Å². The van der Waals surface area contributed by atoms with Gasteiger partial charge in [0, 0.05) is 36.0 Å². The molecule has 34 heavy (non-hydrogen) atoms. The van der Waals surface area contributed by atoms with Crippen LogP contribution >= 0.6 is 11.6 Å². The monoisotopic (exact) mass is 472 g/mol. The molecule has 0 radical (unpaired) electrons. The van der Waals surface area contributed by atoms with Gasteiger partial charge in [0.2, 0.25) is 0 Å². The van der Waals surface area contributed by atoms with Gasteiger partial charge in [-0.3, -0.25) is 0 Å². The summed E-state index contributed by atoms with van der Waals surface area (Å²) in [5, 5.41) is 15.1. The first-order chi connectivity index (χ1) is 16.6. The summed E-state index contributed by atoms with van der Waals surface area (Å²) in [7, 11) is 0. The summed E-state index contributed by atoms with van der Waals surface area (Å²) in [5.74, 6) is 0.730. The summed E-state index contributed by atoms with van der Waals surface area (Å²) < 4.78 is 19.6. The van der Waals surface area contributed by atoms with Gasteiger partial charge >= 0.3 is 0 Å². The van der Waals surface area contributed by atoms with Crippen molar-refractivity contribution in [1.29, 1.82) is 5.26 Å². The van der Waals surface area contributed by atoms with Crippen molar-refractivity contribution >= 4 is 34.0 Å². The quantitative estimate of drug-likeness (QED) is 0.363. The van der Waals surface area contributed by atoms with Crippen molar-refractivity contribution in [3.05, 3.63) is 94.8 Å². The zero-order valence-corrected chi connectivity index (χ0v) is 19.1. The third kappa shape index (κ3) is 4.61. The fraction of sp³-hybridized carbons (Fsp3) is 0.185. The van der Waals surface area contributed by atoms with Crippen LogP contribution < -0.4 is 15.0 Å². The Morgan fingerprint density at radius 3 is 2.74 bits per heavy atom. The zero-order chi connectivity index (χ0) is 23.5. The normalized spacial score (nSPS) is 15.3. The van der Waals surface area contributed by atoms with E-state index in [0.717, 1.165) is 35.1 Å². The van der Waals surface area contributed by atoms with Crippen LogP contribution in [0.1, 0.15) is 17.5 Å². The fourth-order valence-electron chi connectivity index (χ4n) is 4.31. The number of nitrogens with one attached hydrogen (secondary N) is 1. The second-order valence-electron chi connectivity index (χ2n) is 8.22. The first kappa shape index (κ1) is 22.0. The summed E-state index contributed by atoms with van der Waals surface area (Å²) in [4.78, 5) is 6.91. The van der Waals surface area contributed by atoms with Crippen LogP contribution in [0.4, 0.5) is 15.9 Å². The molecule has 1 aromatic heterocycles. The van der Waals surface area contributed by atoms with E-state index in [0.29, 0.717) is 35.2 Å². The number of fused-ring (bicyclic) bond motifs is 1. The Kier molecular flexibility index (Phi) is 6.20. The molecule has 0 saturated carbocycles. The molecular weight excluding hydrogens is 451 g/mol. The van der Waals surface area contributed by atoms with Crippen molar-refractivity contribution in [3.63, 3.8) is 0 Å². The van der Waals surface area contributed by atoms with Gasteiger partial charge in [0.05, 0.1) is 17.7 Å². The Balaban J connectivity index is 1.45. The van der Waals surface area contributed by atoms with E-state index in [1.54, 1.807) is 12.1 Å². The molecule has 1 saturated heterocycles. The molecule has 1 fully saturated rings. The van der Waals surface area contributed by atoms with Gasteiger partial charge in [0.1, 0.15) is 35.1 Å². The van der Waals surface area contributed by atoms with Crippen LogP contribution in [0.25, 0.3) is 10.9 Å². The van der Waals surface area contributed by atoms with Crippen molar-refractivity contribution in [2.24, 2.45) is 0 Å². The summed E-state index contributed by atoms with van der Waals surface area (Å²) in [6.07, 6.45) is 0.664. The number of halogens is 2. The topological polar surface area (TPSA) is 61.2 Å². The SMILES string of the molecule is N#Cc1c(NCc2ccc(Cl)cc2)nc2ccccc2c1N1CCC(Oc2cccc(F)c2)C1. The van der Waals surface area contributed by atoms with Gasteiger partial charge in [-0.15, -0.1) is 0 Å². The minimum atomic E-state index is -0.323. The molecule has 4 aromatic rings. The lowest BCUT2D eigenvalue weighted by molar-refractivity contribution is 0.224. The molecular formula is C27H22ClFN4O. The lowest BCUT2D eigenvalue weighted by Crippen LogP contribution is -2.26. The number of rotatable bonds is 6. The molecule has 3 aromatic carbocycles. The van der Waals surface area contributed by atoms with Gasteiger partial charge in [0.25, 0.3) is 0 Å². The van der Waals surface area contributed by atoms with Crippen LogP contribution in [0, 0.1) is 17.1 Å². The van der Waals surface area contributed by atoms with Crippen LogP contribution in [0.5, 0.6) is 5.75 Å². The average molecular weight is 473 g/mol. The number of benzene rings is 3. The highest BCUT2D eigenvalue weighted by molar-refractivity contribution is 6.30. The number of hydrogen-bond donors (Lipinski definition) is 1. The highest BCUT2D eigenvalue weighted by Crippen LogP contribution is 2.36. The molecule has 1 aliphatic heterocycles. The van der Waals surface area contributed by atoms with Crippen LogP contribution in [0.3, 0.4) is 0 Å². The molecule has 5 rings (SSSR count). The zero-order valence-electron chi connectivity index (χ0n) is 18.3. The van der Waals surface area contributed by atoms with Gasteiger partial charge in [-0.25, -0.2) is 9.37 Å². The molecule has 170 valence electrons. The van der Waals surface area contributed by atoms with Crippen molar-refractivity contribution < 1.29 is 9.13 Å². The number of ether oxygens (including phenoxy) is 1. The average Bonchev–Trinajstić information content (AvgIpc) is 3.30. The van der Waals surface area contributed by atoms with Crippen molar-refractivity contribution in [1.82, 2.24) is 4.98 Å². The maximum absolute atomic E-state index is 13.6. The summed E-state index contributed by atoms with van der Waals surface area (Å²) in [6, 6.07) is 23.9. The van der Waals surface area contributed by atoms with Crippen molar-refractivity contribution in [2.75, 3.05) is 23.3 Å². The number of para-hydroxylation sites is 1. The molecule has 1 N–H and O–H groups in total. The molecule has 0 spiro atoms. The second-order valence-corrected chi connectivity index (χ2v) is 8.66.